The third-order valence-corrected chi connectivity index (χ3v) is 5.33. The van der Waals surface area contributed by atoms with Gasteiger partial charge in [-0.1, -0.05) is 28.6 Å². The summed E-state index contributed by atoms with van der Waals surface area (Å²) in [7, 11) is 1.59. The highest BCUT2D eigenvalue weighted by Crippen LogP contribution is 2.38. The first kappa shape index (κ1) is 21.6. The Balaban J connectivity index is 2.43. The molecular formula is C20H25BrN2O3S. The average molecular weight is 453 g/mol. The van der Waals surface area contributed by atoms with Crippen molar-refractivity contribution in [1.82, 2.24) is 4.90 Å². The number of hydrogen-bond acceptors (Lipinski definition) is 5. The fraction of sp³-hybridized carbons (Fsp3) is 0.400. The molecule has 2 rings (SSSR count). The largest absolute Gasteiger partial charge is 0.493 e. The van der Waals surface area contributed by atoms with Crippen LogP contribution in [0, 0.1) is 0 Å². The van der Waals surface area contributed by atoms with E-state index in [2.05, 4.69) is 27.5 Å². The second-order valence-electron chi connectivity index (χ2n) is 6.51. The summed E-state index contributed by atoms with van der Waals surface area (Å²) in [6.07, 6.45) is 3.53. The van der Waals surface area contributed by atoms with Gasteiger partial charge in [0.15, 0.2) is 16.7 Å². The first-order valence-electron chi connectivity index (χ1n) is 8.70. The van der Waals surface area contributed by atoms with Gasteiger partial charge in [-0.05, 0) is 63.2 Å². The van der Waals surface area contributed by atoms with Crippen molar-refractivity contribution in [3.8, 4) is 11.5 Å². The highest BCUT2D eigenvalue weighted by atomic mass is 79.9. The van der Waals surface area contributed by atoms with Gasteiger partial charge in [-0.2, -0.15) is 0 Å². The number of nitrogens with zero attached hydrogens (tertiary/aromatic N) is 2. The van der Waals surface area contributed by atoms with E-state index in [4.69, 9.17) is 9.47 Å². The lowest BCUT2D eigenvalue weighted by Crippen LogP contribution is -2.35. The Bertz CT molecular complexity index is 788. The highest BCUT2D eigenvalue weighted by molar-refractivity contribution is 9.10. The smallest absolute Gasteiger partial charge is 0.266 e. The molecule has 0 saturated carbocycles. The van der Waals surface area contributed by atoms with Crippen LogP contribution in [0.4, 0.5) is 0 Å². The summed E-state index contributed by atoms with van der Waals surface area (Å²) in [5.41, 5.74) is 0.836. The summed E-state index contributed by atoms with van der Waals surface area (Å²) in [5, 5.41) is 0.741. The molecule has 27 heavy (non-hydrogen) atoms. The summed E-state index contributed by atoms with van der Waals surface area (Å²) >= 11 is 4.96. The quantitative estimate of drug-likeness (QED) is 0.425. The van der Waals surface area contributed by atoms with Crippen LogP contribution in [0.2, 0.25) is 0 Å². The fourth-order valence-corrected chi connectivity index (χ4v) is 4.14. The number of rotatable bonds is 7. The molecule has 0 atom stereocenters. The van der Waals surface area contributed by atoms with E-state index in [-0.39, 0.29) is 18.0 Å². The number of methoxy groups -OCH3 is 1. The number of halogens is 1. The Morgan fingerprint density at radius 3 is 2.56 bits per heavy atom. The Morgan fingerprint density at radius 2 is 2.00 bits per heavy atom. The molecule has 1 amide bonds. The minimum Gasteiger partial charge on any atom is -0.493 e. The lowest BCUT2D eigenvalue weighted by Gasteiger charge is -2.20. The molecule has 1 aliphatic rings. The second kappa shape index (κ2) is 9.46. The van der Waals surface area contributed by atoms with Crippen molar-refractivity contribution in [2.75, 3.05) is 13.7 Å². The molecule has 5 nitrogen and oxygen atoms in total. The van der Waals surface area contributed by atoms with Gasteiger partial charge in [0.05, 0.1) is 12.0 Å². The van der Waals surface area contributed by atoms with E-state index >= 15 is 0 Å². The maximum atomic E-state index is 12.9. The van der Waals surface area contributed by atoms with Gasteiger partial charge in [-0.25, -0.2) is 0 Å². The standard InChI is InChI=1S/C20H25BrN2O3S/c1-7-8-26-17-11-15(21)14(9-16(17)25-6)10-18-19(24)23(13(4)5)20(27-18)22-12(2)3/h7,9-13H,1,8H2,2-6H3/b18-10+,22-20?. The molecule has 0 spiro atoms. The van der Waals surface area contributed by atoms with E-state index in [9.17, 15) is 4.79 Å². The number of benzene rings is 1. The Labute approximate surface area is 173 Å². The Kier molecular flexibility index (Phi) is 7.56. The summed E-state index contributed by atoms with van der Waals surface area (Å²) in [6, 6.07) is 3.85. The number of carbonyl (C=O) groups excluding carboxylic acids is 1. The van der Waals surface area contributed by atoms with Gasteiger partial charge < -0.3 is 9.47 Å². The van der Waals surface area contributed by atoms with Crippen LogP contribution in [-0.4, -0.2) is 41.8 Å². The highest BCUT2D eigenvalue weighted by Gasteiger charge is 2.35. The van der Waals surface area contributed by atoms with Crippen molar-refractivity contribution >= 4 is 44.8 Å². The molecule has 1 saturated heterocycles. The Hall–Kier alpha value is -1.73. The molecule has 1 fully saturated rings. The maximum Gasteiger partial charge on any atom is 0.266 e. The zero-order valence-electron chi connectivity index (χ0n) is 16.3. The minimum absolute atomic E-state index is 0.0350. The summed E-state index contributed by atoms with van der Waals surface area (Å²) < 4.78 is 11.9. The molecule has 0 N–H and O–H groups in total. The van der Waals surface area contributed by atoms with Gasteiger partial charge in [0, 0.05) is 16.6 Å². The number of thioether (sulfide) groups is 1. The van der Waals surface area contributed by atoms with Crippen LogP contribution in [0.15, 0.2) is 39.2 Å². The molecule has 0 bridgehead atoms. The number of amides is 1. The van der Waals surface area contributed by atoms with Crippen molar-refractivity contribution in [2.45, 2.75) is 39.8 Å². The predicted molar refractivity (Wildman–Crippen MR) is 117 cm³/mol. The van der Waals surface area contributed by atoms with Crippen LogP contribution in [-0.2, 0) is 4.79 Å². The maximum absolute atomic E-state index is 12.9. The van der Waals surface area contributed by atoms with Gasteiger partial charge in [0.1, 0.15) is 6.61 Å². The SMILES string of the molecule is C=CCOc1cc(Br)c(/C=C2/SC(=NC(C)C)N(C(C)C)C2=O)cc1OC. The van der Waals surface area contributed by atoms with Gasteiger partial charge in [0.25, 0.3) is 5.91 Å². The molecule has 1 aromatic rings. The van der Waals surface area contributed by atoms with Crippen molar-refractivity contribution in [3.05, 3.63) is 39.7 Å². The monoisotopic (exact) mass is 452 g/mol. The lowest BCUT2D eigenvalue weighted by atomic mass is 10.1. The fourth-order valence-electron chi connectivity index (χ4n) is 2.48. The molecule has 1 heterocycles. The molecule has 0 unspecified atom stereocenters. The number of aliphatic imine (C=N–C) groups is 1. The predicted octanol–water partition coefficient (Wildman–Crippen LogP) is 5.11. The van der Waals surface area contributed by atoms with E-state index in [0.29, 0.717) is 23.0 Å². The van der Waals surface area contributed by atoms with Gasteiger partial charge >= 0.3 is 0 Å². The van der Waals surface area contributed by atoms with Crippen molar-refractivity contribution in [2.24, 2.45) is 4.99 Å². The average Bonchev–Trinajstić information content (AvgIpc) is 2.89. The van der Waals surface area contributed by atoms with Crippen LogP contribution in [0.1, 0.15) is 33.3 Å². The lowest BCUT2D eigenvalue weighted by molar-refractivity contribution is -0.123. The van der Waals surface area contributed by atoms with Crippen LogP contribution in [0.25, 0.3) is 6.08 Å². The molecule has 1 aromatic carbocycles. The third kappa shape index (κ3) is 5.17. The topological polar surface area (TPSA) is 51.1 Å². The first-order valence-corrected chi connectivity index (χ1v) is 10.3. The number of hydrogen-bond donors (Lipinski definition) is 0. The third-order valence-electron chi connectivity index (χ3n) is 3.65. The Morgan fingerprint density at radius 1 is 1.30 bits per heavy atom. The summed E-state index contributed by atoms with van der Waals surface area (Å²) in [6.45, 7) is 12.0. The van der Waals surface area contributed by atoms with E-state index in [0.717, 1.165) is 15.2 Å². The molecule has 1 aliphatic heterocycles. The molecule has 0 aromatic heterocycles. The van der Waals surface area contributed by atoms with Gasteiger partial charge in [-0.3, -0.25) is 14.7 Å². The summed E-state index contributed by atoms with van der Waals surface area (Å²) in [4.78, 5) is 19.9. The van der Waals surface area contributed by atoms with Crippen LogP contribution in [0.5, 0.6) is 11.5 Å². The van der Waals surface area contributed by atoms with Crippen molar-refractivity contribution in [3.63, 3.8) is 0 Å². The zero-order chi connectivity index (χ0) is 20.1. The van der Waals surface area contributed by atoms with E-state index < -0.39 is 0 Å². The second-order valence-corrected chi connectivity index (χ2v) is 8.37. The molecular weight excluding hydrogens is 428 g/mol. The van der Waals surface area contributed by atoms with E-state index in [1.165, 1.54) is 11.8 Å². The number of carbonyl (C=O) groups is 1. The normalized spacial score (nSPS) is 17.5. The minimum atomic E-state index is -0.0350. The molecule has 7 heteroatoms. The molecule has 146 valence electrons. The van der Waals surface area contributed by atoms with Crippen molar-refractivity contribution in [1.29, 1.82) is 0 Å². The number of amidine groups is 1. The molecule has 0 aliphatic carbocycles. The van der Waals surface area contributed by atoms with Crippen LogP contribution >= 0.6 is 27.7 Å². The summed E-state index contributed by atoms with van der Waals surface area (Å²) in [5.74, 6) is 1.18. The van der Waals surface area contributed by atoms with E-state index in [1.54, 1.807) is 18.1 Å². The molecule has 0 radical (unpaired) electrons. The van der Waals surface area contributed by atoms with Crippen LogP contribution < -0.4 is 9.47 Å². The number of ether oxygens (including phenoxy) is 2. The zero-order valence-corrected chi connectivity index (χ0v) is 18.7. The van der Waals surface area contributed by atoms with E-state index in [1.807, 2.05) is 45.9 Å². The van der Waals surface area contributed by atoms with Crippen molar-refractivity contribution < 1.29 is 14.3 Å². The van der Waals surface area contributed by atoms with Gasteiger partial charge in [-0.15, -0.1) is 0 Å². The van der Waals surface area contributed by atoms with Gasteiger partial charge in [0.2, 0.25) is 0 Å². The van der Waals surface area contributed by atoms with Crippen LogP contribution in [0.3, 0.4) is 0 Å². The first-order chi connectivity index (χ1) is 12.8.